The van der Waals surface area contributed by atoms with E-state index in [2.05, 4.69) is 11.0 Å². The van der Waals surface area contributed by atoms with Crippen molar-refractivity contribution in [1.29, 1.82) is 0 Å². The first-order valence-corrected chi connectivity index (χ1v) is 6.14. The molecule has 1 aliphatic heterocycles. The second kappa shape index (κ2) is 5.15. The summed E-state index contributed by atoms with van der Waals surface area (Å²) in [6.45, 7) is 3.82. The van der Waals surface area contributed by atoms with Crippen LogP contribution >= 0.6 is 0 Å². The summed E-state index contributed by atoms with van der Waals surface area (Å²) in [6.07, 6.45) is 5.12. The summed E-state index contributed by atoms with van der Waals surface area (Å²) in [7, 11) is 0. The molecule has 1 fully saturated rings. The number of ketones is 1. The zero-order valence-corrected chi connectivity index (χ0v) is 9.91. The lowest BCUT2D eigenvalue weighted by Gasteiger charge is -2.24. The summed E-state index contributed by atoms with van der Waals surface area (Å²) in [5, 5.41) is 0. The van der Waals surface area contributed by atoms with Crippen LogP contribution in [0.15, 0.2) is 24.3 Å². The second-order valence-corrected chi connectivity index (χ2v) is 4.47. The van der Waals surface area contributed by atoms with Crippen LogP contribution in [0, 0.1) is 0 Å². The molecule has 86 valence electrons. The smallest absolute Gasteiger partial charge is 0.161 e. The fourth-order valence-electron chi connectivity index (χ4n) is 2.36. The fraction of sp³-hybridized carbons (Fsp3) is 0.500. The topological polar surface area (TPSA) is 20.3 Å². The van der Waals surface area contributed by atoms with E-state index in [9.17, 15) is 4.79 Å². The van der Waals surface area contributed by atoms with Gasteiger partial charge in [0, 0.05) is 24.3 Å². The standard InChI is InChI=1S/C14H19NO/c1-12(16)13-8-4-5-9-14(13)15-10-6-2-3-7-11-15/h4-5,8-9H,2-3,6-7,10-11H2,1H3. The van der Waals surface area contributed by atoms with Crippen molar-refractivity contribution in [2.75, 3.05) is 18.0 Å². The van der Waals surface area contributed by atoms with Crippen LogP contribution in [0.5, 0.6) is 0 Å². The van der Waals surface area contributed by atoms with Crippen LogP contribution in [0.3, 0.4) is 0 Å². The van der Waals surface area contributed by atoms with Crippen molar-refractivity contribution in [2.24, 2.45) is 0 Å². The van der Waals surface area contributed by atoms with Gasteiger partial charge >= 0.3 is 0 Å². The molecule has 0 saturated carbocycles. The Morgan fingerprint density at radius 1 is 1.06 bits per heavy atom. The van der Waals surface area contributed by atoms with E-state index in [1.54, 1.807) is 6.92 Å². The van der Waals surface area contributed by atoms with Gasteiger partial charge in [-0.1, -0.05) is 25.0 Å². The molecule has 2 rings (SSSR count). The number of Topliss-reactive ketones (excluding diaryl/α,β-unsaturated/α-hetero) is 1. The maximum atomic E-state index is 11.6. The Balaban J connectivity index is 2.27. The Hall–Kier alpha value is -1.31. The zero-order chi connectivity index (χ0) is 11.4. The SMILES string of the molecule is CC(=O)c1ccccc1N1CCCCCC1. The number of hydrogen-bond donors (Lipinski definition) is 0. The van der Waals surface area contributed by atoms with Crippen LogP contribution < -0.4 is 4.90 Å². The molecular formula is C14H19NO. The number of nitrogens with zero attached hydrogens (tertiary/aromatic N) is 1. The van der Waals surface area contributed by atoms with Gasteiger partial charge in [0.15, 0.2) is 5.78 Å². The third-order valence-electron chi connectivity index (χ3n) is 3.23. The second-order valence-electron chi connectivity index (χ2n) is 4.47. The van der Waals surface area contributed by atoms with Gasteiger partial charge < -0.3 is 4.90 Å². The van der Waals surface area contributed by atoms with E-state index >= 15 is 0 Å². The van der Waals surface area contributed by atoms with Gasteiger partial charge in [-0.15, -0.1) is 0 Å². The highest BCUT2D eigenvalue weighted by atomic mass is 16.1. The summed E-state index contributed by atoms with van der Waals surface area (Å²) in [5.74, 6) is 0.167. The summed E-state index contributed by atoms with van der Waals surface area (Å²) >= 11 is 0. The number of para-hydroxylation sites is 1. The van der Waals surface area contributed by atoms with Crippen LogP contribution in [0.2, 0.25) is 0 Å². The maximum absolute atomic E-state index is 11.6. The van der Waals surface area contributed by atoms with Crippen molar-refractivity contribution >= 4 is 11.5 Å². The molecule has 0 aromatic heterocycles. The first-order chi connectivity index (χ1) is 7.79. The Kier molecular flexibility index (Phi) is 3.60. The van der Waals surface area contributed by atoms with E-state index in [-0.39, 0.29) is 5.78 Å². The third kappa shape index (κ3) is 2.43. The Bertz CT molecular complexity index is 365. The Morgan fingerprint density at radius 2 is 1.69 bits per heavy atom. The minimum Gasteiger partial charge on any atom is -0.371 e. The molecule has 2 heteroatoms. The quantitative estimate of drug-likeness (QED) is 0.709. The molecule has 0 bridgehead atoms. The molecule has 0 aliphatic carbocycles. The number of carbonyl (C=O) groups is 1. The first kappa shape index (κ1) is 11.2. The van der Waals surface area contributed by atoms with E-state index in [0.717, 1.165) is 24.3 Å². The molecule has 0 atom stereocenters. The molecule has 1 aromatic carbocycles. The largest absolute Gasteiger partial charge is 0.371 e. The molecule has 1 heterocycles. The molecule has 0 N–H and O–H groups in total. The average molecular weight is 217 g/mol. The molecule has 0 unspecified atom stereocenters. The molecule has 0 radical (unpaired) electrons. The van der Waals surface area contributed by atoms with Crippen LogP contribution in [-0.2, 0) is 0 Å². The monoisotopic (exact) mass is 217 g/mol. The summed E-state index contributed by atoms with van der Waals surface area (Å²) < 4.78 is 0. The summed E-state index contributed by atoms with van der Waals surface area (Å²) in [4.78, 5) is 13.9. The van der Waals surface area contributed by atoms with Crippen LogP contribution in [0.1, 0.15) is 43.0 Å². The highest BCUT2D eigenvalue weighted by molar-refractivity contribution is 5.99. The first-order valence-electron chi connectivity index (χ1n) is 6.14. The molecule has 2 nitrogen and oxygen atoms in total. The van der Waals surface area contributed by atoms with Gasteiger partial charge in [-0.25, -0.2) is 0 Å². The Morgan fingerprint density at radius 3 is 2.31 bits per heavy atom. The molecule has 0 spiro atoms. The van der Waals surface area contributed by atoms with Gasteiger partial charge in [0.1, 0.15) is 0 Å². The molecule has 1 aliphatic rings. The number of benzene rings is 1. The summed E-state index contributed by atoms with van der Waals surface area (Å²) in [6, 6.07) is 7.97. The van der Waals surface area contributed by atoms with Crippen molar-refractivity contribution in [3.8, 4) is 0 Å². The van der Waals surface area contributed by atoms with E-state index in [0.29, 0.717) is 0 Å². The van der Waals surface area contributed by atoms with Crippen LogP contribution in [0.25, 0.3) is 0 Å². The maximum Gasteiger partial charge on any atom is 0.161 e. The van der Waals surface area contributed by atoms with Gasteiger partial charge in [0.2, 0.25) is 0 Å². The van der Waals surface area contributed by atoms with Gasteiger partial charge in [-0.3, -0.25) is 4.79 Å². The van der Waals surface area contributed by atoms with Crippen LogP contribution in [0.4, 0.5) is 5.69 Å². The molecule has 1 aromatic rings. The van der Waals surface area contributed by atoms with Crippen molar-refractivity contribution in [1.82, 2.24) is 0 Å². The number of anilines is 1. The fourth-order valence-corrected chi connectivity index (χ4v) is 2.36. The normalized spacial score (nSPS) is 16.9. The summed E-state index contributed by atoms with van der Waals surface area (Å²) in [5.41, 5.74) is 1.99. The minimum absolute atomic E-state index is 0.167. The highest BCUT2D eigenvalue weighted by Gasteiger charge is 2.14. The van der Waals surface area contributed by atoms with E-state index in [4.69, 9.17) is 0 Å². The Labute approximate surface area is 97.3 Å². The predicted molar refractivity (Wildman–Crippen MR) is 67.1 cm³/mol. The molecular weight excluding hydrogens is 198 g/mol. The van der Waals surface area contributed by atoms with Gasteiger partial charge in [-0.05, 0) is 31.9 Å². The van der Waals surface area contributed by atoms with Gasteiger partial charge in [-0.2, -0.15) is 0 Å². The van der Waals surface area contributed by atoms with E-state index in [1.165, 1.54) is 25.7 Å². The van der Waals surface area contributed by atoms with E-state index < -0.39 is 0 Å². The number of hydrogen-bond acceptors (Lipinski definition) is 2. The number of rotatable bonds is 2. The van der Waals surface area contributed by atoms with Crippen molar-refractivity contribution < 1.29 is 4.79 Å². The van der Waals surface area contributed by atoms with Crippen molar-refractivity contribution in [3.05, 3.63) is 29.8 Å². The lowest BCUT2D eigenvalue weighted by molar-refractivity contribution is 0.101. The van der Waals surface area contributed by atoms with Gasteiger partial charge in [0.05, 0.1) is 0 Å². The third-order valence-corrected chi connectivity index (χ3v) is 3.23. The van der Waals surface area contributed by atoms with Gasteiger partial charge in [0.25, 0.3) is 0 Å². The highest BCUT2D eigenvalue weighted by Crippen LogP contribution is 2.23. The van der Waals surface area contributed by atoms with Crippen LogP contribution in [-0.4, -0.2) is 18.9 Å². The molecule has 0 amide bonds. The average Bonchev–Trinajstić information content (AvgIpc) is 2.57. The van der Waals surface area contributed by atoms with Crippen molar-refractivity contribution in [3.63, 3.8) is 0 Å². The van der Waals surface area contributed by atoms with E-state index in [1.807, 2.05) is 18.2 Å². The zero-order valence-electron chi connectivity index (χ0n) is 9.91. The minimum atomic E-state index is 0.167. The predicted octanol–water partition coefficient (Wildman–Crippen LogP) is 3.27. The lowest BCUT2D eigenvalue weighted by Crippen LogP contribution is -2.25. The lowest BCUT2D eigenvalue weighted by atomic mass is 10.1. The molecule has 16 heavy (non-hydrogen) atoms. The molecule has 1 saturated heterocycles. The van der Waals surface area contributed by atoms with Crippen molar-refractivity contribution in [2.45, 2.75) is 32.6 Å². The number of carbonyl (C=O) groups excluding carboxylic acids is 1.